The van der Waals surface area contributed by atoms with E-state index in [4.69, 9.17) is 12.5 Å². The monoisotopic (exact) mass is 350 g/mol. The minimum absolute atomic E-state index is 0.658. The van der Waals surface area contributed by atoms with Crippen LogP contribution in [-0.4, -0.2) is 25.6 Å². The Hall–Kier alpha value is 0.230. The summed E-state index contributed by atoms with van der Waals surface area (Å²) in [5.41, 5.74) is 0. The molecule has 1 unspecified atom stereocenters. The van der Waals surface area contributed by atoms with Gasteiger partial charge in [-0.15, -0.1) is 0 Å². The molecule has 23 heavy (non-hydrogen) atoms. The lowest BCUT2D eigenvalue weighted by Crippen LogP contribution is -2.22. The molecule has 0 N–H and O–H groups in total. The van der Waals surface area contributed by atoms with E-state index in [1.54, 1.807) is 0 Å². The molecule has 0 aromatic heterocycles. The first-order valence-electron chi connectivity index (χ1n) is 9.91. The number of hydrogen-bond acceptors (Lipinski definition) is 3. The summed E-state index contributed by atoms with van der Waals surface area (Å²) in [6, 6.07) is 0. The summed E-state index contributed by atoms with van der Waals surface area (Å²) in [5.74, 6) is 1.59. The SMILES string of the molecule is CCCCCCCCC(CCC)CS(OCC)(OCC)OCC. The Morgan fingerprint density at radius 2 is 1.13 bits per heavy atom. The quantitative estimate of drug-likeness (QED) is 0.270. The highest BCUT2D eigenvalue weighted by molar-refractivity contribution is 8.21. The van der Waals surface area contributed by atoms with Crippen molar-refractivity contribution in [2.45, 2.75) is 92.4 Å². The van der Waals surface area contributed by atoms with Gasteiger partial charge < -0.3 is 0 Å². The number of rotatable bonds is 17. The average molecular weight is 351 g/mol. The van der Waals surface area contributed by atoms with Gasteiger partial charge >= 0.3 is 0 Å². The third kappa shape index (κ3) is 11.4. The molecule has 0 bridgehead atoms. The average Bonchev–Trinajstić information content (AvgIpc) is 2.51. The topological polar surface area (TPSA) is 27.7 Å². The molecule has 0 aliphatic carbocycles. The van der Waals surface area contributed by atoms with E-state index in [1.807, 2.05) is 20.8 Å². The van der Waals surface area contributed by atoms with Crippen LogP contribution >= 0.6 is 10.9 Å². The number of hydrogen-bond donors (Lipinski definition) is 0. The van der Waals surface area contributed by atoms with E-state index < -0.39 is 10.9 Å². The van der Waals surface area contributed by atoms with Crippen LogP contribution in [0.3, 0.4) is 0 Å². The first-order valence-corrected chi connectivity index (χ1v) is 11.5. The first kappa shape index (κ1) is 23.2. The van der Waals surface area contributed by atoms with Crippen LogP contribution in [0.1, 0.15) is 92.4 Å². The molecule has 0 amide bonds. The molecule has 0 heterocycles. The molecule has 0 aromatic carbocycles. The van der Waals surface area contributed by atoms with Crippen LogP contribution < -0.4 is 0 Å². The zero-order chi connectivity index (χ0) is 17.4. The molecule has 0 fully saturated rings. The van der Waals surface area contributed by atoms with Crippen LogP contribution in [0.4, 0.5) is 0 Å². The third-order valence-corrected chi connectivity index (χ3v) is 6.66. The van der Waals surface area contributed by atoms with Crippen molar-refractivity contribution < 1.29 is 12.5 Å². The van der Waals surface area contributed by atoms with Gasteiger partial charge in [-0.05, 0) is 39.5 Å². The standard InChI is InChI=1S/C19H42O3S/c1-6-11-12-13-14-15-17-19(16-7-2)18-23(20-8-3,21-9-4)22-10-5/h19H,6-18H2,1-5H3. The summed E-state index contributed by atoms with van der Waals surface area (Å²) in [6.07, 6.45) is 11.9. The zero-order valence-corrected chi connectivity index (χ0v) is 17.2. The molecule has 0 saturated carbocycles. The van der Waals surface area contributed by atoms with Gasteiger partial charge in [-0.1, -0.05) is 58.8 Å². The van der Waals surface area contributed by atoms with Gasteiger partial charge in [0.05, 0.1) is 30.7 Å². The predicted molar refractivity (Wildman–Crippen MR) is 104 cm³/mol. The van der Waals surface area contributed by atoms with Crippen molar-refractivity contribution in [3.63, 3.8) is 0 Å². The van der Waals surface area contributed by atoms with Crippen molar-refractivity contribution in [3.8, 4) is 0 Å². The van der Waals surface area contributed by atoms with Crippen molar-refractivity contribution in [1.82, 2.24) is 0 Å². The van der Waals surface area contributed by atoms with E-state index in [9.17, 15) is 0 Å². The second kappa shape index (κ2) is 15.7. The molecular formula is C19H42O3S. The Labute approximate surface area is 147 Å². The normalized spacial score (nSPS) is 14.1. The molecule has 0 rings (SSSR count). The molecule has 1 atom stereocenters. The minimum Gasteiger partial charge on any atom is -0.293 e. The van der Waals surface area contributed by atoms with Gasteiger partial charge in [0, 0.05) is 5.75 Å². The van der Waals surface area contributed by atoms with E-state index in [-0.39, 0.29) is 0 Å². The van der Waals surface area contributed by atoms with Gasteiger partial charge in [-0.25, -0.2) is 0 Å². The molecule has 142 valence electrons. The first-order chi connectivity index (χ1) is 11.2. The summed E-state index contributed by atoms with van der Waals surface area (Å²) >= 11 is 0. The Morgan fingerprint density at radius 1 is 0.609 bits per heavy atom. The maximum Gasteiger partial charge on any atom is 0.0890 e. The van der Waals surface area contributed by atoms with E-state index in [2.05, 4.69) is 13.8 Å². The maximum atomic E-state index is 5.99. The minimum atomic E-state index is -1.82. The fourth-order valence-corrected chi connectivity index (χ4v) is 5.49. The molecule has 4 heteroatoms. The molecule has 0 spiro atoms. The highest BCUT2D eigenvalue weighted by Gasteiger charge is 2.30. The van der Waals surface area contributed by atoms with Gasteiger partial charge in [-0.2, -0.15) is 0 Å². The fraction of sp³-hybridized carbons (Fsp3) is 1.00. The van der Waals surface area contributed by atoms with E-state index in [0.29, 0.717) is 25.7 Å². The van der Waals surface area contributed by atoms with Crippen LogP contribution in [0, 0.1) is 5.92 Å². The molecule has 0 aliphatic rings. The van der Waals surface area contributed by atoms with E-state index in [1.165, 1.54) is 57.8 Å². The smallest absolute Gasteiger partial charge is 0.0890 e. The summed E-state index contributed by atoms with van der Waals surface area (Å²) in [7, 11) is -1.82. The molecule has 0 aliphatic heterocycles. The summed E-state index contributed by atoms with van der Waals surface area (Å²) in [5, 5.41) is 0. The van der Waals surface area contributed by atoms with E-state index >= 15 is 0 Å². The van der Waals surface area contributed by atoms with Gasteiger partial charge in [-0.3, -0.25) is 12.5 Å². The third-order valence-electron chi connectivity index (χ3n) is 3.99. The highest BCUT2D eigenvalue weighted by atomic mass is 32.3. The lowest BCUT2D eigenvalue weighted by Gasteiger charge is -2.39. The van der Waals surface area contributed by atoms with Crippen molar-refractivity contribution >= 4 is 10.9 Å². The van der Waals surface area contributed by atoms with Crippen molar-refractivity contribution in [1.29, 1.82) is 0 Å². The molecule has 0 radical (unpaired) electrons. The summed E-state index contributed by atoms with van der Waals surface area (Å²) in [4.78, 5) is 0. The zero-order valence-electron chi connectivity index (χ0n) is 16.4. The largest absolute Gasteiger partial charge is 0.293 e. The Morgan fingerprint density at radius 3 is 1.61 bits per heavy atom. The second-order valence-corrected chi connectivity index (χ2v) is 8.31. The van der Waals surface area contributed by atoms with Crippen molar-refractivity contribution in [3.05, 3.63) is 0 Å². The molecular weight excluding hydrogens is 308 g/mol. The predicted octanol–water partition coefficient (Wildman–Crippen LogP) is 6.81. The maximum absolute atomic E-state index is 5.99. The number of unbranched alkanes of at least 4 members (excludes halogenated alkanes) is 5. The summed E-state index contributed by atoms with van der Waals surface area (Å²) in [6.45, 7) is 12.6. The van der Waals surface area contributed by atoms with Crippen LogP contribution in [-0.2, 0) is 12.5 Å². The van der Waals surface area contributed by atoms with Crippen LogP contribution in [0.25, 0.3) is 0 Å². The van der Waals surface area contributed by atoms with Crippen LogP contribution in [0.5, 0.6) is 0 Å². The van der Waals surface area contributed by atoms with Crippen LogP contribution in [0.2, 0.25) is 0 Å². The van der Waals surface area contributed by atoms with Crippen molar-refractivity contribution in [2.75, 3.05) is 25.6 Å². The molecule has 3 nitrogen and oxygen atoms in total. The summed E-state index contributed by atoms with van der Waals surface area (Å²) < 4.78 is 18.0. The second-order valence-electron chi connectivity index (χ2n) is 6.16. The Kier molecular flexibility index (Phi) is 15.9. The Balaban J connectivity index is 4.45. The van der Waals surface area contributed by atoms with Gasteiger partial charge in [0.1, 0.15) is 0 Å². The Bertz CT molecular complexity index is 232. The van der Waals surface area contributed by atoms with Gasteiger partial charge in [0.2, 0.25) is 0 Å². The highest BCUT2D eigenvalue weighted by Crippen LogP contribution is 2.53. The lowest BCUT2D eigenvalue weighted by molar-refractivity contribution is 0.180. The van der Waals surface area contributed by atoms with Gasteiger partial charge in [0.15, 0.2) is 0 Å². The van der Waals surface area contributed by atoms with Crippen LogP contribution in [0.15, 0.2) is 0 Å². The molecule has 0 aromatic rings. The fourth-order valence-electron chi connectivity index (χ4n) is 3.01. The van der Waals surface area contributed by atoms with Crippen molar-refractivity contribution in [2.24, 2.45) is 5.92 Å². The van der Waals surface area contributed by atoms with Gasteiger partial charge in [0.25, 0.3) is 0 Å². The molecule has 0 saturated heterocycles. The lowest BCUT2D eigenvalue weighted by atomic mass is 9.98. The van der Waals surface area contributed by atoms with E-state index in [0.717, 1.165) is 5.75 Å².